The van der Waals surface area contributed by atoms with Crippen LogP contribution >= 0.6 is 27.7 Å². The predicted molar refractivity (Wildman–Crippen MR) is 111 cm³/mol. The molecule has 1 amide bonds. The largest absolute Gasteiger partial charge is 0.454 e. The Balaban J connectivity index is 1.45. The Morgan fingerprint density at radius 1 is 1.18 bits per heavy atom. The van der Waals surface area contributed by atoms with E-state index in [4.69, 9.17) is 9.47 Å². The number of hydrogen-bond donors (Lipinski definition) is 1. The fourth-order valence-electron chi connectivity index (χ4n) is 2.79. The van der Waals surface area contributed by atoms with Crippen molar-refractivity contribution >= 4 is 39.3 Å². The number of aromatic nitrogens is 3. The number of carbonyl (C=O) groups excluding carboxylic acids is 1. The number of thioether (sulfide) groups is 1. The van der Waals surface area contributed by atoms with Crippen LogP contribution in [0.1, 0.15) is 6.92 Å². The molecule has 1 N–H and O–H groups in total. The van der Waals surface area contributed by atoms with Crippen molar-refractivity contribution in [2.24, 2.45) is 0 Å². The molecule has 1 aliphatic heterocycles. The molecular weight excluding hydrogens is 444 g/mol. The molecule has 2 heterocycles. The fourth-order valence-corrected chi connectivity index (χ4v) is 3.86. The van der Waals surface area contributed by atoms with Gasteiger partial charge in [-0.25, -0.2) is 0 Å². The molecule has 0 saturated heterocycles. The summed E-state index contributed by atoms with van der Waals surface area (Å²) in [6, 6.07) is 13.1. The lowest BCUT2D eigenvalue weighted by Gasteiger charge is -2.08. The van der Waals surface area contributed by atoms with Gasteiger partial charge in [0, 0.05) is 22.3 Å². The van der Waals surface area contributed by atoms with E-state index in [1.807, 2.05) is 54.0 Å². The maximum Gasteiger partial charge on any atom is 0.234 e. The topological polar surface area (TPSA) is 78.3 Å². The highest BCUT2D eigenvalue weighted by Crippen LogP contribution is 2.36. The molecule has 144 valence electrons. The molecule has 0 saturated carbocycles. The Morgan fingerprint density at radius 3 is 2.75 bits per heavy atom. The molecule has 9 heteroatoms. The van der Waals surface area contributed by atoms with Crippen LogP contribution in [0.4, 0.5) is 5.69 Å². The summed E-state index contributed by atoms with van der Waals surface area (Å²) >= 11 is 4.73. The van der Waals surface area contributed by atoms with Crippen molar-refractivity contribution in [3.8, 4) is 22.9 Å². The molecule has 3 aromatic rings. The Hall–Kier alpha value is -2.52. The molecule has 0 spiro atoms. The molecule has 4 rings (SSSR count). The summed E-state index contributed by atoms with van der Waals surface area (Å²) in [6.45, 7) is 2.94. The van der Waals surface area contributed by atoms with Gasteiger partial charge in [-0.3, -0.25) is 4.79 Å². The number of ether oxygens (including phenoxy) is 2. The van der Waals surface area contributed by atoms with Gasteiger partial charge in [0.2, 0.25) is 12.7 Å². The number of halogens is 1. The van der Waals surface area contributed by atoms with Crippen LogP contribution in [0, 0.1) is 0 Å². The van der Waals surface area contributed by atoms with Gasteiger partial charge in [-0.2, -0.15) is 0 Å². The summed E-state index contributed by atoms with van der Waals surface area (Å²) in [5, 5.41) is 12.1. The zero-order chi connectivity index (χ0) is 19.5. The van der Waals surface area contributed by atoms with E-state index in [1.165, 1.54) is 11.8 Å². The number of carbonyl (C=O) groups is 1. The standard InChI is InChI=1S/C19H17BrN4O3S/c1-2-24-18(12-3-8-15-16(9-12)27-11-26-15)22-23-19(24)28-10-17(25)21-14-6-4-13(20)5-7-14/h3-9H,2,10-11H2,1H3,(H,21,25). The maximum atomic E-state index is 12.2. The number of rotatable bonds is 6. The molecule has 1 aromatic heterocycles. The molecule has 0 bridgehead atoms. The van der Waals surface area contributed by atoms with Gasteiger partial charge in [0.15, 0.2) is 22.5 Å². The molecule has 0 fully saturated rings. The van der Waals surface area contributed by atoms with Crippen LogP contribution in [-0.2, 0) is 11.3 Å². The molecule has 0 radical (unpaired) electrons. The minimum atomic E-state index is -0.0948. The van der Waals surface area contributed by atoms with Gasteiger partial charge in [-0.1, -0.05) is 27.7 Å². The maximum absolute atomic E-state index is 12.2. The van der Waals surface area contributed by atoms with E-state index < -0.39 is 0 Å². The molecule has 2 aromatic carbocycles. The second-order valence-electron chi connectivity index (χ2n) is 5.96. The number of hydrogen-bond acceptors (Lipinski definition) is 6. The van der Waals surface area contributed by atoms with E-state index in [0.717, 1.165) is 27.3 Å². The van der Waals surface area contributed by atoms with Crippen LogP contribution in [0.5, 0.6) is 11.5 Å². The van der Waals surface area contributed by atoms with Crippen LogP contribution < -0.4 is 14.8 Å². The average Bonchev–Trinajstić information content (AvgIpc) is 3.33. The Kier molecular flexibility index (Phi) is 5.54. The van der Waals surface area contributed by atoms with Crippen molar-refractivity contribution < 1.29 is 14.3 Å². The summed E-state index contributed by atoms with van der Waals surface area (Å²) < 4.78 is 13.7. The molecule has 0 atom stereocenters. The van der Waals surface area contributed by atoms with Crippen LogP contribution in [-0.4, -0.2) is 33.2 Å². The van der Waals surface area contributed by atoms with Crippen molar-refractivity contribution in [2.45, 2.75) is 18.6 Å². The number of fused-ring (bicyclic) bond motifs is 1. The quantitative estimate of drug-likeness (QED) is 0.555. The van der Waals surface area contributed by atoms with E-state index in [9.17, 15) is 4.79 Å². The normalized spacial score (nSPS) is 12.2. The molecule has 28 heavy (non-hydrogen) atoms. The molecular formula is C19H17BrN4O3S. The third-order valence-corrected chi connectivity index (χ3v) is 5.62. The highest BCUT2D eigenvalue weighted by atomic mass is 79.9. The van der Waals surface area contributed by atoms with Crippen LogP contribution in [0.25, 0.3) is 11.4 Å². The van der Waals surface area contributed by atoms with Crippen molar-refractivity contribution in [1.82, 2.24) is 14.8 Å². The third-order valence-electron chi connectivity index (χ3n) is 4.12. The van der Waals surface area contributed by atoms with Gasteiger partial charge in [0.05, 0.1) is 5.75 Å². The monoisotopic (exact) mass is 460 g/mol. The number of anilines is 1. The van der Waals surface area contributed by atoms with Crippen LogP contribution in [0.15, 0.2) is 52.1 Å². The summed E-state index contributed by atoms with van der Waals surface area (Å²) in [5.74, 6) is 2.31. The first-order valence-electron chi connectivity index (χ1n) is 8.65. The van der Waals surface area contributed by atoms with Gasteiger partial charge in [-0.15, -0.1) is 10.2 Å². The first kappa shape index (κ1) is 18.8. The predicted octanol–water partition coefficient (Wildman–Crippen LogP) is 4.19. The number of nitrogens with zero attached hydrogens (tertiary/aromatic N) is 3. The van der Waals surface area contributed by atoms with E-state index in [-0.39, 0.29) is 18.5 Å². The molecule has 0 unspecified atom stereocenters. The first-order chi connectivity index (χ1) is 13.6. The lowest BCUT2D eigenvalue weighted by atomic mass is 10.2. The van der Waals surface area contributed by atoms with E-state index >= 15 is 0 Å². The lowest BCUT2D eigenvalue weighted by molar-refractivity contribution is -0.113. The second kappa shape index (κ2) is 8.24. The minimum absolute atomic E-state index is 0.0948. The summed E-state index contributed by atoms with van der Waals surface area (Å²) in [5.41, 5.74) is 1.65. The van der Waals surface area contributed by atoms with Gasteiger partial charge in [0.25, 0.3) is 0 Å². The lowest BCUT2D eigenvalue weighted by Crippen LogP contribution is -2.14. The van der Waals surface area contributed by atoms with Gasteiger partial charge < -0.3 is 19.4 Å². The minimum Gasteiger partial charge on any atom is -0.454 e. The molecule has 0 aliphatic carbocycles. The summed E-state index contributed by atoms with van der Waals surface area (Å²) in [4.78, 5) is 12.2. The van der Waals surface area contributed by atoms with Crippen molar-refractivity contribution in [2.75, 3.05) is 17.9 Å². The van der Waals surface area contributed by atoms with Gasteiger partial charge in [0.1, 0.15) is 0 Å². The Morgan fingerprint density at radius 2 is 1.96 bits per heavy atom. The zero-order valence-electron chi connectivity index (χ0n) is 15.0. The molecule has 1 aliphatic rings. The Bertz CT molecular complexity index is 1010. The number of nitrogens with one attached hydrogen (secondary N) is 1. The highest BCUT2D eigenvalue weighted by Gasteiger charge is 2.19. The summed E-state index contributed by atoms with van der Waals surface area (Å²) in [6.07, 6.45) is 0. The van der Waals surface area contributed by atoms with Crippen molar-refractivity contribution in [3.63, 3.8) is 0 Å². The van der Waals surface area contributed by atoms with E-state index in [2.05, 4.69) is 31.4 Å². The summed E-state index contributed by atoms with van der Waals surface area (Å²) in [7, 11) is 0. The Labute approximate surface area is 174 Å². The highest BCUT2D eigenvalue weighted by molar-refractivity contribution is 9.10. The van der Waals surface area contributed by atoms with Crippen molar-refractivity contribution in [1.29, 1.82) is 0 Å². The first-order valence-corrected chi connectivity index (χ1v) is 10.4. The number of amides is 1. The van der Waals surface area contributed by atoms with Crippen LogP contribution in [0.2, 0.25) is 0 Å². The zero-order valence-corrected chi connectivity index (χ0v) is 17.4. The van der Waals surface area contributed by atoms with E-state index in [1.54, 1.807) is 0 Å². The fraction of sp³-hybridized carbons (Fsp3) is 0.211. The second-order valence-corrected chi connectivity index (χ2v) is 7.82. The van der Waals surface area contributed by atoms with Crippen LogP contribution in [0.3, 0.4) is 0 Å². The smallest absolute Gasteiger partial charge is 0.234 e. The SMILES string of the molecule is CCn1c(SCC(=O)Nc2ccc(Br)cc2)nnc1-c1ccc2c(c1)OCO2. The average molecular weight is 461 g/mol. The molecule has 7 nitrogen and oxygen atoms in total. The third kappa shape index (κ3) is 4.00. The van der Waals surface area contributed by atoms with Crippen molar-refractivity contribution in [3.05, 3.63) is 46.9 Å². The van der Waals surface area contributed by atoms with Gasteiger partial charge in [-0.05, 0) is 49.4 Å². The number of benzene rings is 2. The van der Waals surface area contributed by atoms with E-state index in [0.29, 0.717) is 17.5 Å². The van der Waals surface area contributed by atoms with Gasteiger partial charge >= 0.3 is 0 Å².